The predicted octanol–water partition coefficient (Wildman–Crippen LogP) is 0.970. The fraction of sp³-hybridized carbons (Fsp3) is 1.00. The van der Waals surface area contributed by atoms with Gasteiger partial charge in [-0.15, -0.1) is 0 Å². The molecule has 0 aromatic heterocycles. The summed E-state index contributed by atoms with van der Waals surface area (Å²) in [5.41, 5.74) is -0.0381. The molecule has 0 saturated carbocycles. The van der Waals surface area contributed by atoms with E-state index in [9.17, 15) is 8.42 Å². The van der Waals surface area contributed by atoms with Crippen LogP contribution in [0, 0.1) is 0 Å². The number of ether oxygens (including phenoxy) is 1. The van der Waals surface area contributed by atoms with E-state index in [4.69, 9.17) is 4.74 Å². The first-order chi connectivity index (χ1) is 7.47. The lowest BCUT2D eigenvalue weighted by molar-refractivity contribution is 0.0211. The van der Waals surface area contributed by atoms with Crippen LogP contribution in [0.2, 0.25) is 0 Å². The second-order valence-electron chi connectivity index (χ2n) is 4.67. The summed E-state index contributed by atoms with van der Waals surface area (Å²) in [6.45, 7) is 6.21. The van der Waals surface area contributed by atoms with Crippen molar-refractivity contribution >= 4 is 9.84 Å². The monoisotopic (exact) mass is 249 g/mol. The van der Waals surface area contributed by atoms with Gasteiger partial charge >= 0.3 is 0 Å². The second-order valence-corrected chi connectivity index (χ2v) is 7.14. The van der Waals surface area contributed by atoms with Crippen molar-refractivity contribution in [2.45, 2.75) is 38.7 Å². The minimum Gasteiger partial charge on any atom is -0.374 e. The maximum absolute atomic E-state index is 11.2. The molecule has 1 unspecified atom stereocenters. The fourth-order valence-corrected chi connectivity index (χ4v) is 2.76. The first-order valence-corrected chi connectivity index (χ1v) is 7.85. The Hall–Kier alpha value is -0.130. The maximum atomic E-state index is 11.2. The lowest BCUT2D eigenvalue weighted by atomic mass is 10.0. The van der Waals surface area contributed by atoms with Gasteiger partial charge < -0.3 is 10.1 Å². The molecule has 0 bridgehead atoms. The summed E-state index contributed by atoms with van der Waals surface area (Å²) in [7, 11) is -2.81. The third-order valence-corrected chi connectivity index (χ3v) is 4.84. The van der Waals surface area contributed by atoms with Crippen LogP contribution in [0.4, 0.5) is 0 Å². The summed E-state index contributed by atoms with van der Waals surface area (Å²) >= 11 is 0. The lowest BCUT2D eigenvalue weighted by Crippen LogP contribution is -2.37. The Morgan fingerprint density at radius 3 is 2.75 bits per heavy atom. The molecule has 1 heterocycles. The van der Waals surface area contributed by atoms with Crippen molar-refractivity contribution < 1.29 is 13.2 Å². The highest BCUT2D eigenvalue weighted by Crippen LogP contribution is 2.23. The molecule has 1 fully saturated rings. The molecule has 16 heavy (non-hydrogen) atoms. The fourth-order valence-electron chi connectivity index (χ4n) is 1.89. The maximum Gasteiger partial charge on any atom is 0.150 e. The van der Waals surface area contributed by atoms with Crippen molar-refractivity contribution in [2.24, 2.45) is 0 Å². The van der Waals surface area contributed by atoms with E-state index in [0.717, 1.165) is 32.5 Å². The molecule has 0 spiro atoms. The first kappa shape index (κ1) is 13.9. The summed E-state index contributed by atoms with van der Waals surface area (Å²) in [4.78, 5) is 0. The minimum absolute atomic E-state index is 0.0381. The third kappa shape index (κ3) is 4.80. The van der Waals surface area contributed by atoms with Crippen LogP contribution in [0.5, 0.6) is 0 Å². The van der Waals surface area contributed by atoms with Gasteiger partial charge in [-0.25, -0.2) is 8.42 Å². The largest absolute Gasteiger partial charge is 0.374 e. The molecule has 0 aliphatic carbocycles. The first-order valence-electron chi connectivity index (χ1n) is 6.02. The van der Waals surface area contributed by atoms with E-state index in [0.29, 0.717) is 6.42 Å². The van der Waals surface area contributed by atoms with Crippen LogP contribution in [0.15, 0.2) is 0 Å². The molecule has 1 aliphatic heterocycles. The molecule has 0 amide bonds. The molecule has 5 heteroatoms. The van der Waals surface area contributed by atoms with E-state index in [1.807, 2.05) is 0 Å². The third-order valence-electron chi connectivity index (χ3n) is 3.05. The van der Waals surface area contributed by atoms with E-state index in [1.54, 1.807) is 6.92 Å². The van der Waals surface area contributed by atoms with Crippen LogP contribution in [-0.2, 0) is 14.6 Å². The highest BCUT2D eigenvalue weighted by Gasteiger charge is 2.28. The van der Waals surface area contributed by atoms with Gasteiger partial charge in [0.05, 0.1) is 11.4 Å². The Morgan fingerprint density at radius 1 is 1.44 bits per heavy atom. The molecular formula is C11H23NO3S. The number of hydrogen-bond donors (Lipinski definition) is 1. The van der Waals surface area contributed by atoms with E-state index in [1.165, 1.54) is 0 Å². The Morgan fingerprint density at radius 2 is 2.19 bits per heavy atom. The number of nitrogens with one attached hydrogen (secondary N) is 1. The molecule has 96 valence electrons. The van der Waals surface area contributed by atoms with Crippen molar-refractivity contribution in [1.29, 1.82) is 0 Å². The number of sulfone groups is 1. The number of hydrogen-bond acceptors (Lipinski definition) is 4. The van der Waals surface area contributed by atoms with E-state index < -0.39 is 9.84 Å². The lowest BCUT2D eigenvalue weighted by Gasteiger charge is -2.23. The topological polar surface area (TPSA) is 55.4 Å². The van der Waals surface area contributed by atoms with Crippen LogP contribution >= 0.6 is 0 Å². The molecule has 1 saturated heterocycles. The van der Waals surface area contributed by atoms with Crippen LogP contribution < -0.4 is 5.32 Å². The smallest absolute Gasteiger partial charge is 0.150 e. The van der Waals surface area contributed by atoms with Crippen LogP contribution in [-0.4, -0.2) is 45.2 Å². The van der Waals surface area contributed by atoms with Gasteiger partial charge in [-0.05, 0) is 32.7 Å². The Bertz CT molecular complexity index is 294. The zero-order valence-electron chi connectivity index (χ0n) is 10.3. The quantitative estimate of drug-likeness (QED) is 0.683. The van der Waals surface area contributed by atoms with Crippen molar-refractivity contribution in [1.82, 2.24) is 5.32 Å². The van der Waals surface area contributed by atoms with Crippen LogP contribution in [0.25, 0.3) is 0 Å². The molecule has 4 nitrogen and oxygen atoms in total. The van der Waals surface area contributed by atoms with Gasteiger partial charge in [-0.2, -0.15) is 0 Å². The van der Waals surface area contributed by atoms with E-state index in [2.05, 4.69) is 12.2 Å². The Labute approximate surface area is 98.7 Å². The molecule has 1 atom stereocenters. The van der Waals surface area contributed by atoms with Crippen molar-refractivity contribution in [3.63, 3.8) is 0 Å². The van der Waals surface area contributed by atoms with Crippen molar-refractivity contribution in [2.75, 3.05) is 31.2 Å². The molecule has 1 aliphatic rings. The summed E-state index contributed by atoms with van der Waals surface area (Å²) in [6.07, 6.45) is 2.90. The Balaban J connectivity index is 2.08. The van der Waals surface area contributed by atoms with Gasteiger partial charge in [-0.1, -0.05) is 6.92 Å². The SMILES string of the molecule is CCS(=O)(=O)CCCNCC1(C)CCCO1. The highest BCUT2D eigenvalue weighted by molar-refractivity contribution is 7.91. The zero-order chi connectivity index (χ0) is 12.1. The van der Waals surface area contributed by atoms with E-state index >= 15 is 0 Å². The Kier molecular flexibility index (Phi) is 5.21. The highest BCUT2D eigenvalue weighted by atomic mass is 32.2. The summed E-state index contributed by atoms with van der Waals surface area (Å²) in [5, 5.41) is 3.28. The van der Waals surface area contributed by atoms with Gasteiger partial charge in [0.25, 0.3) is 0 Å². The van der Waals surface area contributed by atoms with Gasteiger partial charge in [0, 0.05) is 18.9 Å². The summed E-state index contributed by atoms with van der Waals surface area (Å²) < 4.78 is 28.1. The second kappa shape index (κ2) is 5.98. The van der Waals surface area contributed by atoms with Gasteiger partial charge in [0.1, 0.15) is 9.84 Å². The predicted molar refractivity (Wildman–Crippen MR) is 65.4 cm³/mol. The number of rotatable bonds is 7. The zero-order valence-corrected chi connectivity index (χ0v) is 11.1. The normalized spacial score (nSPS) is 26.1. The molecular weight excluding hydrogens is 226 g/mol. The van der Waals surface area contributed by atoms with Crippen molar-refractivity contribution in [3.8, 4) is 0 Å². The van der Waals surface area contributed by atoms with Crippen LogP contribution in [0.3, 0.4) is 0 Å². The standard InChI is InChI=1S/C11H23NO3S/c1-3-16(13,14)9-5-7-12-10-11(2)6-4-8-15-11/h12H,3-10H2,1-2H3. The average molecular weight is 249 g/mol. The molecule has 0 aromatic rings. The molecule has 1 rings (SSSR count). The summed E-state index contributed by atoms with van der Waals surface area (Å²) in [5.74, 6) is 0.530. The van der Waals surface area contributed by atoms with Gasteiger partial charge in [0.15, 0.2) is 0 Å². The molecule has 0 aromatic carbocycles. The van der Waals surface area contributed by atoms with Gasteiger partial charge in [0.2, 0.25) is 0 Å². The average Bonchev–Trinajstić information content (AvgIpc) is 2.65. The van der Waals surface area contributed by atoms with E-state index in [-0.39, 0.29) is 17.1 Å². The molecule has 0 radical (unpaired) electrons. The molecule has 1 N–H and O–H groups in total. The van der Waals surface area contributed by atoms with Crippen LogP contribution in [0.1, 0.15) is 33.1 Å². The summed E-state index contributed by atoms with van der Waals surface area (Å²) in [6, 6.07) is 0. The van der Waals surface area contributed by atoms with Crippen molar-refractivity contribution in [3.05, 3.63) is 0 Å². The minimum atomic E-state index is -2.81. The van der Waals surface area contributed by atoms with Gasteiger partial charge in [-0.3, -0.25) is 0 Å².